The summed E-state index contributed by atoms with van der Waals surface area (Å²) in [5.41, 5.74) is 7.72. The summed E-state index contributed by atoms with van der Waals surface area (Å²) in [7, 11) is 0. The fourth-order valence-electron chi connectivity index (χ4n) is 1.66. The summed E-state index contributed by atoms with van der Waals surface area (Å²) in [5, 5.41) is 46.4. The molecule has 2 aromatic rings. The highest BCUT2D eigenvalue weighted by Gasteiger charge is 1.93. The van der Waals surface area contributed by atoms with Gasteiger partial charge in [0.2, 0.25) is 5.96 Å². The molecule has 0 aliphatic rings. The predicted molar refractivity (Wildman–Crippen MR) is 100 cm³/mol. The molecule has 0 aromatic heterocycles. The molecule has 0 unspecified atom stereocenters. The first kappa shape index (κ1) is 21.3. The zero-order valence-electron chi connectivity index (χ0n) is 14.3. The van der Waals surface area contributed by atoms with Gasteiger partial charge in [0.25, 0.3) is 5.09 Å². The molecule has 0 amide bonds. The van der Waals surface area contributed by atoms with Crippen molar-refractivity contribution in [2.75, 3.05) is 0 Å². The maximum absolute atomic E-state index is 8.71. The summed E-state index contributed by atoms with van der Waals surface area (Å²) in [4.78, 5) is 8.36. The average molecular weight is 378 g/mol. The van der Waals surface area contributed by atoms with Gasteiger partial charge < -0.3 is 5.21 Å². The molecule has 0 heterocycles. The number of hydrogen-bond acceptors (Lipinski definition) is 7. The standard InChI is InChI=1S/C17H13N7.HNO3/c18-9-13-1-5-15(6-2-13)11-21-23-17(20)24-22-12-16-7-3-14(10-19)4-8-16;2-1(3)4/h1-8,11-12H,(H3,20,23,24);(H,2,3,4). The molecule has 0 saturated carbocycles. The van der Waals surface area contributed by atoms with Crippen LogP contribution in [0.4, 0.5) is 0 Å². The third kappa shape index (κ3) is 8.91. The molecule has 0 aliphatic carbocycles. The molecule has 0 fully saturated rings. The first-order valence-corrected chi connectivity index (χ1v) is 7.45. The number of nitrogens with zero attached hydrogens (tertiary/aromatic N) is 5. The Morgan fingerprint density at radius 2 is 1.29 bits per heavy atom. The van der Waals surface area contributed by atoms with E-state index in [0.29, 0.717) is 11.1 Å². The van der Waals surface area contributed by atoms with E-state index >= 15 is 0 Å². The van der Waals surface area contributed by atoms with Crippen LogP contribution in [0, 0.1) is 38.2 Å². The zero-order chi connectivity index (χ0) is 20.8. The number of benzene rings is 2. The number of nitrogens with one attached hydrogen (secondary N) is 3. The van der Waals surface area contributed by atoms with Crippen LogP contribution >= 0.6 is 0 Å². The van der Waals surface area contributed by atoms with Crippen molar-refractivity contribution in [3.63, 3.8) is 0 Å². The molecular weight excluding hydrogens is 364 g/mol. The van der Waals surface area contributed by atoms with Gasteiger partial charge in [-0.15, -0.1) is 10.1 Å². The molecule has 0 spiro atoms. The van der Waals surface area contributed by atoms with Gasteiger partial charge in [-0.2, -0.15) is 20.7 Å². The maximum Gasteiger partial charge on any atom is 0.291 e. The number of guanidine groups is 1. The molecule has 2 rings (SSSR count). The van der Waals surface area contributed by atoms with E-state index in [4.69, 9.17) is 31.3 Å². The van der Waals surface area contributed by atoms with Crippen LogP contribution in [-0.4, -0.2) is 28.7 Å². The minimum absolute atomic E-state index is 0.0928. The van der Waals surface area contributed by atoms with Gasteiger partial charge in [-0.3, -0.25) is 5.41 Å². The Kier molecular flexibility index (Phi) is 8.91. The van der Waals surface area contributed by atoms with Gasteiger partial charge in [-0.1, -0.05) is 24.3 Å². The van der Waals surface area contributed by atoms with Gasteiger partial charge in [-0.25, -0.2) is 10.9 Å². The van der Waals surface area contributed by atoms with E-state index in [-0.39, 0.29) is 5.96 Å². The molecule has 0 saturated heterocycles. The quantitative estimate of drug-likeness (QED) is 0.269. The van der Waals surface area contributed by atoms with E-state index in [0.717, 1.165) is 11.1 Å². The lowest BCUT2D eigenvalue weighted by atomic mass is 10.2. The summed E-state index contributed by atoms with van der Waals surface area (Å²) < 4.78 is 0. The molecule has 0 atom stereocenters. The highest BCUT2D eigenvalue weighted by Crippen LogP contribution is 2.01. The Hall–Kier alpha value is -4.77. The number of nitriles is 2. The number of hydrogen-bond donors (Lipinski definition) is 4. The van der Waals surface area contributed by atoms with Crippen molar-refractivity contribution in [1.82, 2.24) is 10.9 Å². The van der Waals surface area contributed by atoms with E-state index in [2.05, 4.69) is 21.1 Å². The molecule has 2 aromatic carbocycles. The number of rotatable bonds is 4. The molecule has 0 aliphatic heterocycles. The van der Waals surface area contributed by atoms with Crippen LogP contribution < -0.4 is 10.9 Å². The lowest BCUT2D eigenvalue weighted by molar-refractivity contribution is -0.742. The smallest absolute Gasteiger partial charge is 0.291 e. The zero-order valence-corrected chi connectivity index (χ0v) is 14.3. The summed E-state index contributed by atoms with van der Waals surface area (Å²) >= 11 is 0. The van der Waals surface area contributed by atoms with Gasteiger partial charge in [0.15, 0.2) is 0 Å². The molecule has 28 heavy (non-hydrogen) atoms. The van der Waals surface area contributed by atoms with Gasteiger partial charge in [-0.05, 0) is 35.4 Å². The Labute approximate surface area is 159 Å². The molecular formula is C17H14N8O3. The van der Waals surface area contributed by atoms with Crippen molar-refractivity contribution in [3.8, 4) is 12.1 Å². The predicted octanol–water partition coefficient (Wildman–Crippen LogP) is 1.56. The van der Waals surface area contributed by atoms with Gasteiger partial charge in [0.05, 0.1) is 35.7 Å². The Bertz CT molecular complexity index is 863. The van der Waals surface area contributed by atoms with Crippen molar-refractivity contribution < 1.29 is 10.3 Å². The summed E-state index contributed by atoms with van der Waals surface area (Å²) in [6.07, 6.45) is 3.06. The van der Waals surface area contributed by atoms with Crippen molar-refractivity contribution in [2.24, 2.45) is 10.2 Å². The summed E-state index contributed by atoms with van der Waals surface area (Å²) in [6, 6.07) is 17.8. The second-order valence-electron chi connectivity index (χ2n) is 4.82. The molecule has 11 nitrogen and oxygen atoms in total. The highest BCUT2D eigenvalue weighted by molar-refractivity contribution is 5.84. The van der Waals surface area contributed by atoms with E-state index < -0.39 is 5.09 Å². The Morgan fingerprint density at radius 1 is 0.964 bits per heavy atom. The second kappa shape index (κ2) is 11.7. The largest absolute Gasteiger partial charge is 0.328 e. The molecule has 140 valence electrons. The fourth-order valence-corrected chi connectivity index (χ4v) is 1.66. The van der Waals surface area contributed by atoms with E-state index in [1.165, 1.54) is 12.4 Å². The molecule has 11 heteroatoms. The second-order valence-corrected chi connectivity index (χ2v) is 4.82. The molecule has 0 radical (unpaired) electrons. The lowest BCUT2D eigenvalue weighted by Crippen LogP contribution is -2.29. The minimum atomic E-state index is -1.50. The number of hydrazone groups is 2. The molecule has 4 N–H and O–H groups in total. The first-order chi connectivity index (χ1) is 13.4. The average Bonchev–Trinajstić information content (AvgIpc) is 2.68. The van der Waals surface area contributed by atoms with Crippen molar-refractivity contribution in [2.45, 2.75) is 0 Å². The van der Waals surface area contributed by atoms with Crippen molar-refractivity contribution >= 4 is 18.4 Å². The highest BCUT2D eigenvalue weighted by atomic mass is 16.9. The first-order valence-electron chi connectivity index (χ1n) is 7.45. The van der Waals surface area contributed by atoms with Crippen LogP contribution in [-0.2, 0) is 0 Å². The summed E-state index contributed by atoms with van der Waals surface area (Å²) in [5.74, 6) is -0.0928. The SMILES string of the molecule is N#Cc1ccc(C=NNC(=N)NN=Cc2ccc(C#N)cc2)cc1.O=[N+]([O-])O. The topological polar surface area (TPSA) is 184 Å². The van der Waals surface area contributed by atoms with Crippen molar-refractivity contribution in [3.05, 3.63) is 80.9 Å². The lowest BCUT2D eigenvalue weighted by Gasteiger charge is -2.01. The normalized spacial score (nSPS) is 9.64. The summed E-state index contributed by atoms with van der Waals surface area (Å²) in [6.45, 7) is 0. The fraction of sp³-hybridized carbons (Fsp3) is 0. The van der Waals surface area contributed by atoms with Crippen LogP contribution in [0.5, 0.6) is 0 Å². The van der Waals surface area contributed by atoms with Gasteiger partial charge in [0, 0.05) is 0 Å². The van der Waals surface area contributed by atoms with Crippen LogP contribution in [0.3, 0.4) is 0 Å². The van der Waals surface area contributed by atoms with Crippen LogP contribution in [0.2, 0.25) is 0 Å². The molecule has 0 bridgehead atoms. The minimum Gasteiger partial charge on any atom is -0.328 e. The Morgan fingerprint density at radius 3 is 1.57 bits per heavy atom. The van der Waals surface area contributed by atoms with E-state index in [1.807, 2.05) is 12.1 Å². The van der Waals surface area contributed by atoms with Crippen LogP contribution in [0.1, 0.15) is 22.3 Å². The third-order valence-corrected chi connectivity index (χ3v) is 2.86. The van der Waals surface area contributed by atoms with Gasteiger partial charge >= 0.3 is 0 Å². The van der Waals surface area contributed by atoms with Gasteiger partial charge in [0.1, 0.15) is 0 Å². The van der Waals surface area contributed by atoms with Crippen LogP contribution in [0.25, 0.3) is 0 Å². The Balaban J connectivity index is 0.000000892. The monoisotopic (exact) mass is 378 g/mol. The van der Waals surface area contributed by atoms with Crippen molar-refractivity contribution in [1.29, 1.82) is 15.9 Å². The van der Waals surface area contributed by atoms with E-state index in [9.17, 15) is 0 Å². The van der Waals surface area contributed by atoms with E-state index in [1.54, 1.807) is 48.5 Å². The maximum atomic E-state index is 8.71. The third-order valence-electron chi connectivity index (χ3n) is 2.86. The van der Waals surface area contributed by atoms with Crippen LogP contribution in [0.15, 0.2) is 58.7 Å².